The highest BCUT2D eigenvalue weighted by atomic mass is 79.9. The lowest BCUT2D eigenvalue weighted by Crippen LogP contribution is -2.12. The van der Waals surface area contributed by atoms with E-state index in [1.165, 1.54) is 0 Å². The molecule has 1 N–H and O–H groups in total. The highest BCUT2D eigenvalue weighted by Gasteiger charge is 2.15. The first-order valence-corrected chi connectivity index (χ1v) is 5.80. The molecule has 0 unspecified atom stereocenters. The molecule has 0 saturated carbocycles. The van der Waals surface area contributed by atoms with Crippen LogP contribution in [0.3, 0.4) is 0 Å². The van der Waals surface area contributed by atoms with Gasteiger partial charge in [0, 0.05) is 4.47 Å². The smallest absolute Gasteiger partial charge is 0.0650 e. The molecular formula is C13H17BrO. The molecule has 0 spiro atoms. The zero-order chi connectivity index (χ0) is 11.5. The van der Waals surface area contributed by atoms with Crippen LogP contribution in [-0.4, -0.2) is 11.7 Å². The molecule has 0 amide bonds. The molecule has 0 atom stereocenters. The fraction of sp³-hybridized carbons (Fsp3) is 0.385. The zero-order valence-electron chi connectivity index (χ0n) is 9.42. The van der Waals surface area contributed by atoms with Crippen molar-refractivity contribution < 1.29 is 5.11 Å². The summed E-state index contributed by atoms with van der Waals surface area (Å²) < 4.78 is 1.07. The van der Waals surface area contributed by atoms with E-state index >= 15 is 0 Å². The van der Waals surface area contributed by atoms with Gasteiger partial charge in [0.05, 0.1) is 6.61 Å². The van der Waals surface area contributed by atoms with Crippen molar-refractivity contribution in [1.82, 2.24) is 0 Å². The van der Waals surface area contributed by atoms with Crippen LogP contribution in [0.25, 0.3) is 6.08 Å². The minimum atomic E-state index is 0.0157. The van der Waals surface area contributed by atoms with Gasteiger partial charge in [-0.15, -0.1) is 0 Å². The highest BCUT2D eigenvalue weighted by Crippen LogP contribution is 2.26. The Morgan fingerprint density at radius 1 is 1.27 bits per heavy atom. The van der Waals surface area contributed by atoms with E-state index in [9.17, 15) is 5.11 Å². The van der Waals surface area contributed by atoms with Gasteiger partial charge in [-0.1, -0.05) is 54.9 Å². The van der Waals surface area contributed by atoms with E-state index in [1.54, 1.807) is 0 Å². The molecular weight excluding hydrogens is 252 g/mol. The quantitative estimate of drug-likeness (QED) is 0.864. The fourth-order valence-corrected chi connectivity index (χ4v) is 1.52. The third kappa shape index (κ3) is 3.80. The summed E-state index contributed by atoms with van der Waals surface area (Å²) in [5, 5.41) is 9.30. The van der Waals surface area contributed by atoms with Crippen molar-refractivity contribution >= 4 is 22.0 Å². The molecule has 0 aliphatic carbocycles. The Morgan fingerprint density at radius 3 is 2.20 bits per heavy atom. The van der Waals surface area contributed by atoms with Gasteiger partial charge in [0.1, 0.15) is 0 Å². The number of hydrogen-bond donors (Lipinski definition) is 1. The number of rotatable bonds is 2. The molecule has 1 aromatic carbocycles. The second-order valence-corrected chi connectivity index (χ2v) is 5.54. The van der Waals surface area contributed by atoms with E-state index in [0.717, 1.165) is 15.6 Å². The van der Waals surface area contributed by atoms with Crippen molar-refractivity contribution in [1.29, 1.82) is 0 Å². The van der Waals surface area contributed by atoms with Gasteiger partial charge in [-0.25, -0.2) is 0 Å². The minimum absolute atomic E-state index is 0.0157. The first-order chi connectivity index (χ1) is 6.93. The van der Waals surface area contributed by atoms with Gasteiger partial charge < -0.3 is 5.11 Å². The van der Waals surface area contributed by atoms with Crippen LogP contribution in [0.2, 0.25) is 0 Å². The molecule has 15 heavy (non-hydrogen) atoms. The fourth-order valence-electron chi connectivity index (χ4n) is 1.26. The van der Waals surface area contributed by atoms with E-state index in [0.29, 0.717) is 0 Å². The molecule has 1 rings (SSSR count). The first-order valence-electron chi connectivity index (χ1n) is 5.01. The summed E-state index contributed by atoms with van der Waals surface area (Å²) in [5.41, 5.74) is 2.18. The summed E-state index contributed by atoms with van der Waals surface area (Å²) in [6, 6.07) is 8.07. The van der Waals surface area contributed by atoms with E-state index in [4.69, 9.17) is 0 Å². The molecule has 0 aromatic heterocycles. The largest absolute Gasteiger partial charge is 0.392 e. The summed E-state index contributed by atoms with van der Waals surface area (Å²) >= 11 is 3.40. The minimum Gasteiger partial charge on any atom is -0.392 e. The maximum atomic E-state index is 9.30. The average molecular weight is 269 g/mol. The number of aliphatic hydroxyl groups excluding tert-OH is 1. The Bertz CT molecular complexity index is 344. The third-order valence-electron chi connectivity index (χ3n) is 2.34. The predicted molar refractivity (Wildman–Crippen MR) is 68.7 cm³/mol. The summed E-state index contributed by atoms with van der Waals surface area (Å²) in [6.45, 7) is 6.43. The average Bonchev–Trinajstić information content (AvgIpc) is 2.15. The van der Waals surface area contributed by atoms with Gasteiger partial charge in [0.15, 0.2) is 0 Å². The van der Waals surface area contributed by atoms with Crippen LogP contribution in [0, 0.1) is 5.41 Å². The highest BCUT2D eigenvalue weighted by molar-refractivity contribution is 9.10. The molecule has 0 radical (unpaired) electrons. The molecule has 82 valence electrons. The topological polar surface area (TPSA) is 20.2 Å². The number of hydrogen-bond acceptors (Lipinski definition) is 1. The lowest BCUT2D eigenvalue weighted by atomic mass is 9.86. The Hall–Kier alpha value is -0.600. The van der Waals surface area contributed by atoms with Crippen LogP contribution in [0.15, 0.2) is 34.3 Å². The summed E-state index contributed by atoms with van der Waals surface area (Å²) in [5.74, 6) is 0. The van der Waals surface area contributed by atoms with Crippen LogP contribution >= 0.6 is 15.9 Å². The lowest BCUT2D eigenvalue weighted by Gasteiger charge is -2.21. The number of halogens is 1. The molecule has 1 aromatic rings. The summed E-state index contributed by atoms with van der Waals surface area (Å²) in [6.07, 6.45) is 2.05. The SMILES string of the molecule is CC(C)(C)/C(=C/c1ccc(Br)cc1)CO. The van der Waals surface area contributed by atoms with Gasteiger partial charge in [-0.2, -0.15) is 0 Å². The lowest BCUT2D eigenvalue weighted by molar-refractivity contribution is 0.298. The van der Waals surface area contributed by atoms with Gasteiger partial charge in [-0.05, 0) is 28.7 Å². The third-order valence-corrected chi connectivity index (χ3v) is 2.87. The van der Waals surface area contributed by atoms with Crippen LogP contribution < -0.4 is 0 Å². The summed E-state index contributed by atoms with van der Waals surface area (Å²) in [7, 11) is 0. The van der Waals surface area contributed by atoms with Gasteiger partial charge in [-0.3, -0.25) is 0 Å². The Balaban J connectivity index is 2.99. The van der Waals surface area contributed by atoms with E-state index in [2.05, 4.69) is 36.7 Å². The molecule has 2 heteroatoms. The Kier molecular flexibility index (Phi) is 4.12. The van der Waals surface area contributed by atoms with Crippen LogP contribution in [0.4, 0.5) is 0 Å². The maximum Gasteiger partial charge on any atom is 0.0650 e. The van der Waals surface area contributed by atoms with Crippen LogP contribution in [0.5, 0.6) is 0 Å². The normalized spacial score (nSPS) is 13.0. The van der Waals surface area contributed by atoms with Gasteiger partial charge >= 0.3 is 0 Å². The van der Waals surface area contributed by atoms with Crippen molar-refractivity contribution in [2.24, 2.45) is 5.41 Å². The summed E-state index contributed by atoms with van der Waals surface area (Å²) in [4.78, 5) is 0. The molecule has 0 bridgehead atoms. The van der Waals surface area contributed by atoms with Crippen molar-refractivity contribution in [3.63, 3.8) is 0 Å². The Labute approximate surface area is 100.0 Å². The van der Waals surface area contributed by atoms with Crippen LogP contribution in [-0.2, 0) is 0 Å². The van der Waals surface area contributed by atoms with E-state index < -0.39 is 0 Å². The number of benzene rings is 1. The monoisotopic (exact) mass is 268 g/mol. The first kappa shape index (κ1) is 12.5. The molecule has 0 fully saturated rings. The molecule has 0 aliphatic heterocycles. The Morgan fingerprint density at radius 2 is 1.80 bits per heavy atom. The van der Waals surface area contributed by atoms with E-state index in [-0.39, 0.29) is 12.0 Å². The van der Waals surface area contributed by atoms with Crippen molar-refractivity contribution in [2.45, 2.75) is 20.8 Å². The standard InChI is InChI=1S/C13H17BrO/c1-13(2,3)11(9-15)8-10-4-6-12(14)7-5-10/h4-8,15H,9H2,1-3H3/b11-8+. The van der Waals surface area contributed by atoms with Gasteiger partial charge in [0.2, 0.25) is 0 Å². The van der Waals surface area contributed by atoms with Crippen LogP contribution in [0.1, 0.15) is 26.3 Å². The van der Waals surface area contributed by atoms with Crippen molar-refractivity contribution in [3.8, 4) is 0 Å². The van der Waals surface area contributed by atoms with Gasteiger partial charge in [0.25, 0.3) is 0 Å². The molecule has 1 nitrogen and oxygen atoms in total. The molecule has 0 saturated heterocycles. The molecule has 0 aliphatic rings. The predicted octanol–water partition coefficient (Wildman–Crippen LogP) is 3.87. The van der Waals surface area contributed by atoms with E-state index in [1.807, 2.05) is 30.3 Å². The zero-order valence-corrected chi connectivity index (χ0v) is 11.0. The molecule has 0 heterocycles. The van der Waals surface area contributed by atoms with Crippen molar-refractivity contribution in [2.75, 3.05) is 6.61 Å². The van der Waals surface area contributed by atoms with Crippen molar-refractivity contribution in [3.05, 3.63) is 39.9 Å². The second-order valence-electron chi connectivity index (χ2n) is 4.63. The number of aliphatic hydroxyl groups is 1. The second kappa shape index (κ2) is 4.95. The maximum absolute atomic E-state index is 9.30.